The van der Waals surface area contributed by atoms with E-state index in [2.05, 4.69) is 9.98 Å². The largest absolute Gasteiger partial charge is 0.287 e. The van der Waals surface area contributed by atoms with Crippen LogP contribution >= 0.6 is 0 Å². The van der Waals surface area contributed by atoms with Gasteiger partial charge in [-0.1, -0.05) is 24.3 Å². The molecule has 0 aliphatic carbocycles. The molecule has 0 fully saturated rings. The van der Waals surface area contributed by atoms with E-state index in [-0.39, 0.29) is 0 Å². The molecule has 0 saturated heterocycles. The molecule has 1 heterocycles. The maximum atomic E-state index is 4.04. The fraction of sp³-hybridized carbons (Fsp3) is 0.250. The molecule has 0 aromatic rings. The van der Waals surface area contributed by atoms with Gasteiger partial charge < -0.3 is 0 Å². The zero-order chi connectivity index (χ0) is 7.07. The Morgan fingerprint density at radius 1 is 0.800 bits per heavy atom. The van der Waals surface area contributed by atoms with Gasteiger partial charge in [-0.3, -0.25) is 9.98 Å². The van der Waals surface area contributed by atoms with Crippen molar-refractivity contribution in [1.82, 2.24) is 0 Å². The Kier molecular flexibility index (Phi) is 3.24. The Balaban J connectivity index is 2.50. The van der Waals surface area contributed by atoms with Crippen molar-refractivity contribution in [1.29, 1.82) is 0 Å². The first kappa shape index (κ1) is 6.93. The lowest BCUT2D eigenvalue weighted by atomic mass is 10.4. The molecule has 0 N–H and O–H groups in total. The molecule has 1 aliphatic heterocycles. The lowest BCUT2D eigenvalue weighted by Gasteiger charge is -1.84. The van der Waals surface area contributed by atoms with Gasteiger partial charge in [-0.2, -0.15) is 0 Å². The highest BCUT2D eigenvalue weighted by molar-refractivity contribution is 6.16. The monoisotopic (exact) mass is 134 g/mol. The molecule has 0 saturated carbocycles. The van der Waals surface area contributed by atoms with Gasteiger partial charge >= 0.3 is 0 Å². The standard InChI is InChI=1S/C8H10N2/c1-2-4-6-10-8-7-9-5-3-1/h1-4,7-8H,5-6H2. The Morgan fingerprint density at radius 2 is 1.30 bits per heavy atom. The average molecular weight is 134 g/mol. The van der Waals surface area contributed by atoms with Crippen molar-refractivity contribution in [3.63, 3.8) is 0 Å². The van der Waals surface area contributed by atoms with Crippen molar-refractivity contribution in [2.45, 2.75) is 0 Å². The third-order valence-corrected chi connectivity index (χ3v) is 1.08. The van der Waals surface area contributed by atoms with Crippen LogP contribution in [-0.4, -0.2) is 25.5 Å². The molecule has 0 aromatic heterocycles. The number of nitrogens with zero attached hydrogens (tertiary/aromatic N) is 2. The predicted molar refractivity (Wildman–Crippen MR) is 45.0 cm³/mol. The molecule has 0 bridgehead atoms. The molecule has 0 radical (unpaired) electrons. The molecule has 0 aromatic carbocycles. The SMILES string of the molecule is C1=CCN=CC=NCC=C1. The van der Waals surface area contributed by atoms with Crippen LogP contribution in [0.1, 0.15) is 0 Å². The predicted octanol–water partition coefficient (Wildman–Crippen LogP) is 1.25. The highest BCUT2D eigenvalue weighted by Crippen LogP contribution is 1.81. The lowest BCUT2D eigenvalue weighted by Crippen LogP contribution is -1.82. The minimum absolute atomic E-state index is 0.746. The van der Waals surface area contributed by atoms with Gasteiger partial charge in [0.15, 0.2) is 0 Å². The molecule has 0 spiro atoms. The van der Waals surface area contributed by atoms with Gasteiger partial charge in [0.1, 0.15) is 0 Å². The van der Waals surface area contributed by atoms with Crippen LogP contribution in [0.2, 0.25) is 0 Å². The Bertz CT molecular complexity index is 145. The Morgan fingerprint density at radius 3 is 1.80 bits per heavy atom. The Labute approximate surface area is 60.7 Å². The minimum Gasteiger partial charge on any atom is -0.287 e. The van der Waals surface area contributed by atoms with Crippen molar-refractivity contribution in [3.05, 3.63) is 24.3 Å². The van der Waals surface area contributed by atoms with E-state index in [0.29, 0.717) is 0 Å². The Hall–Kier alpha value is -1.18. The normalized spacial score (nSPS) is 17.6. The van der Waals surface area contributed by atoms with Crippen molar-refractivity contribution in [2.75, 3.05) is 13.1 Å². The summed E-state index contributed by atoms with van der Waals surface area (Å²) in [5, 5.41) is 0. The first-order chi connectivity index (χ1) is 5.00. The third kappa shape index (κ3) is 2.97. The summed E-state index contributed by atoms with van der Waals surface area (Å²) in [6.07, 6.45) is 11.4. The molecular formula is C8H10N2. The van der Waals surface area contributed by atoms with E-state index in [4.69, 9.17) is 0 Å². The molecule has 1 aliphatic rings. The topological polar surface area (TPSA) is 24.7 Å². The van der Waals surface area contributed by atoms with Crippen LogP contribution in [0.15, 0.2) is 34.3 Å². The zero-order valence-corrected chi connectivity index (χ0v) is 5.77. The van der Waals surface area contributed by atoms with E-state index >= 15 is 0 Å². The quantitative estimate of drug-likeness (QED) is 0.476. The van der Waals surface area contributed by atoms with Crippen molar-refractivity contribution in [3.8, 4) is 0 Å². The summed E-state index contributed by atoms with van der Waals surface area (Å²) in [6.45, 7) is 1.49. The van der Waals surface area contributed by atoms with Crippen LogP contribution < -0.4 is 0 Å². The smallest absolute Gasteiger partial charge is 0.0573 e. The van der Waals surface area contributed by atoms with Gasteiger partial charge in [-0.25, -0.2) is 0 Å². The second-order valence-corrected chi connectivity index (χ2v) is 1.88. The van der Waals surface area contributed by atoms with Crippen LogP contribution in [0.3, 0.4) is 0 Å². The summed E-state index contributed by atoms with van der Waals surface area (Å²) in [6, 6.07) is 0. The van der Waals surface area contributed by atoms with Crippen molar-refractivity contribution in [2.24, 2.45) is 9.98 Å². The molecule has 0 unspecified atom stereocenters. The van der Waals surface area contributed by atoms with E-state index < -0.39 is 0 Å². The van der Waals surface area contributed by atoms with Crippen molar-refractivity contribution >= 4 is 12.4 Å². The summed E-state index contributed by atoms with van der Waals surface area (Å²) in [5.41, 5.74) is 0. The minimum atomic E-state index is 0.746. The highest BCUT2D eigenvalue weighted by atomic mass is 14.7. The molecule has 10 heavy (non-hydrogen) atoms. The fourth-order valence-electron chi connectivity index (χ4n) is 0.617. The second kappa shape index (κ2) is 4.68. The summed E-state index contributed by atoms with van der Waals surface area (Å²) in [5.74, 6) is 0. The van der Waals surface area contributed by atoms with Gasteiger partial charge in [0.25, 0.3) is 0 Å². The zero-order valence-electron chi connectivity index (χ0n) is 5.77. The van der Waals surface area contributed by atoms with Crippen LogP contribution in [0, 0.1) is 0 Å². The number of rotatable bonds is 0. The second-order valence-electron chi connectivity index (χ2n) is 1.88. The van der Waals surface area contributed by atoms with Crippen LogP contribution in [0.4, 0.5) is 0 Å². The van der Waals surface area contributed by atoms with Crippen molar-refractivity contribution < 1.29 is 0 Å². The molecule has 0 atom stereocenters. The maximum Gasteiger partial charge on any atom is 0.0573 e. The molecule has 0 amide bonds. The molecule has 2 heteroatoms. The summed E-state index contributed by atoms with van der Waals surface area (Å²) < 4.78 is 0. The van der Waals surface area contributed by atoms with Gasteiger partial charge in [-0.15, -0.1) is 0 Å². The first-order valence-corrected chi connectivity index (χ1v) is 3.30. The first-order valence-electron chi connectivity index (χ1n) is 3.30. The van der Waals surface area contributed by atoms with E-state index in [1.807, 2.05) is 24.3 Å². The van der Waals surface area contributed by atoms with E-state index in [1.165, 1.54) is 0 Å². The lowest BCUT2D eigenvalue weighted by molar-refractivity contribution is 1.24. The third-order valence-electron chi connectivity index (χ3n) is 1.08. The number of allylic oxidation sites excluding steroid dienone is 2. The molecular weight excluding hydrogens is 124 g/mol. The summed E-state index contributed by atoms with van der Waals surface area (Å²) in [7, 11) is 0. The van der Waals surface area contributed by atoms with E-state index in [9.17, 15) is 0 Å². The fourth-order valence-corrected chi connectivity index (χ4v) is 0.617. The number of hydrogen-bond acceptors (Lipinski definition) is 2. The molecule has 1 rings (SSSR count). The van der Waals surface area contributed by atoms with E-state index in [1.54, 1.807) is 12.4 Å². The molecule has 2 nitrogen and oxygen atoms in total. The number of hydrogen-bond donors (Lipinski definition) is 0. The van der Waals surface area contributed by atoms with Crippen LogP contribution in [-0.2, 0) is 0 Å². The maximum absolute atomic E-state index is 4.04. The average Bonchev–Trinajstić information content (AvgIpc) is 2.01. The van der Waals surface area contributed by atoms with Gasteiger partial charge in [0.05, 0.1) is 13.1 Å². The van der Waals surface area contributed by atoms with Crippen LogP contribution in [0.5, 0.6) is 0 Å². The summed E-state index contributed by atoms with van der Waals surface area (Å²) in [4.78, 5) is 8.07. The van der Waals surface area contributed by atoms with Gasteiger partial charge in [-0.05, 0) is 0 Å². The highest BCUT2D eigenvalue weighted by Gasteiger charge is 1.73. The summed E-state index contributed by atoms with van der Waals surface area (Å²) >= 11 is 0. The number of aliphatic imine (C=N–C) groups is 2. The van der Waals surface area contributed by atoms with E-state index in [0.717, 1.165) is 13.1 Å². The van der Waals surface area contributed by atoms with Gasteiger partial charge in [0.2, 0.25) is 0 Å². The van der Waals surface area contributed by atoms with Crippen LogP contribution in [0.25, 0.3) is 0 Å². The van der Waals surface area contributed by atoms with Gasteiger partial charge in [0, 0.05) is 12.4 Å². The molecule has 52 valence electrons.